The number of imide groups is 1. The Balaban J connectivity index is 1.91. The molecule has 1 heterocycles. The summed E-state index contributed by atoms with van der Waals surface area (Å²) in [6, 6.07) is 11.0. The number of aliphatic carboxylic acids is 1. The van der Waals surface area contributed by atoms with E-state index in [1.807, 2.05) is 31.2 Å². The zero-order chi connectivity index (χ0) is 21.1. The van der Waals surface area contributed by atoms with Crippen molar-refractivity contribution in [3.63, 3.8) is 0 Å². The van der Waals surface area contributed by atoms with Crippen molar-refractivity contribution < 1.29 is 24.2 Å². The Kier molecular flexibility index (Phi) is 6.81. The van der Waals surface area contributed by atoms with Crippen LogP contribution < -0.4 is 4.74 Å². The van der Waals surface area contributed by atoms with E-state index in [1.54, 1.807) is 12.1 Å². The first kappa shape index (κ1) is 21.6. The molecule has 0 aliphatic carbocycles. The second kappa shape index (κ2) is 9.15. The number of carboxylic acids is 1. The minimum absolute atomic E-state index is 0.194. The number of ether oxygens (including phenoxy) is 1. The summed E-state index contributed by atoms with van der Waals surface area (Å²) in [7, 11) is 0. The molecule has 0 aromatic heterocycles. The summed E-state index contributed by atoms with van der Waals surface area (Å²) < 4.78 is 6.60. The number of amides is 2. The second-order valence-electron chi connectivity index (χ2n) is 6.18. The van der Waals surface area contributed by atoms with Crippen LogP contribution in [-0.2, 0) is 16.1 Å². The molecule has 3 rings (SSSR count). The zero-order valence-corrected chi connectivity index (χ0v) is 19.1. The van der Waals surface area contributed by atoms with Gasteiger partial charge >= 0.3 is 5.97 Å². The van der Waals surface area contributed by atoms with E-state index in [0.717, 1.165) is 22.9 Å². The van der Waals surface area contributed by atoms with Crippen molar-refractivity contribution in [2.24, 2.45) is 0 Å². The first-order chi connectivity index (χ1) is 13.8. The van der Waals surface area contributed by atoms with Gasteiger partial charge in [-0.05, 0) is 64.0 Å². The average molecular weight is 541 g/mol. The lowest BCUT2D eigenvalue weighted by atomic mass is 10.1. The molecule has 1 saturated heterocycles. The van der Waals surface area contributed by atoms with E-state index in [-0.39, 0.29) is 22.4 Å². The minimum atomic E-state index is -1.12. The van der Waals surface area contributed by atoms with E-state index in [1.165, 1.54) is 11.0 Å². The highest BCUT2D eigenvalue weighted by Gasteiger charge is 2.35. The molecule has 1 N–H and O–H groups in total. The fourth-order valence-corrected chi connectivity index (χ4v) is 4.91. The first-order valence-corrected chi connectivity index (χ1v) is 10.8. The molecule has 9 heteroatoms. The van der Waals surface area contributed by atoms with Crippen LogP contribution in [0.15, 0.2) is 50.2 Å². The van der Waals surface area contributed by atoms with Gasteiger partial charge in [0.1, 0.15) is 5.75 Å². The van der Waals surface area contributed by atoms with Gasteiger partial charge < -0.3 is 9.84 Å². The highest BCUT2D eigenvalue weighted by atomic mass is 79.9. The summed E-state index contributed by atoms with van der Waals surface area (Å²) in [4.78, 5) is 37.6. The Morgan fingerprint density at radius 2 is 1.97 bits per heavy atom. The van der Waals surface area contributed by atoms with E-state index in [4.69, 9.17) is 9.84 Å². The molecule has 2 aromatic rings. The van der Waals surface area contributed by atoms with Crippen LogP contribution in [0.2, 0.25) is 0 Å². The van der Waals surface area contributed by atoms with Crippen LogP contribution in [0.1, 0.15) is 16.7 Å². The van der Waals surface area contributed by atoms with E-state index < -0.39 is 18.5 Å². The van der Waals surface area contributed by atoms with Crippen LogP contribution >= 0.6 is 43.6 Å². The molecule has 150 valence electrons. The highest BCUT2D eigenvalue weighted by Crippen LogP contribution is 2.38. The van der Waals surface area contributed by atoms with E-state index in [9.17, 15) is 14.4 Å². The maximum atomic E-state index is 12.8. The zero-order valence-electron chi connectivity index (χ0n) is 15.1. The lowest BCUT2D eigenvalue weighted by Crippen LogP contribution is -2.27. The molecular weight excluding hydrogens is 526 g/mol. The summed E-state index contributed by atoms with van der Waals surface area (Å²) in [5, 5.41) is 8.54. The van der Waals surface area contributed by atoms with Crippen molar-refractivity contribution >= 4 is 66.8 Å². The van der Waals surface area contributed by atoms with Gasteiger partial charge in [0, 0.05) is 10.0 Å². The number of thioether (sulfide) groups is 1. The van der Waals surface area contributed by atoms with Crippen LogP contribution in [0.3, 0.4) is 0 Å². The molecule has 6 nitrogen and oxygen atoms in total. The first-order valence-electron chi connectivity index (χ1n) is 8.39. The summed E-state index contributed by atoms with van der Waals surface area (Å²) in [5.41, 5.74) is 2.37. The third-order valence-electron chi connectivity index (χ3n) is 4.13. The van der Waals surface area contributed by atoms with Crippen molar-refractivity contribution in [1.82, 2.24) is 4.90 Å². The standard InChI is InChI=1S/C20H15Br2NO5S/c1-11-4-2-3-5-12(11)9-23-19(26)16(29-20(23)27)7-13-6-14(21)8-15(22)18(13)28-10-17(24)25/h2-8H,9-10H2,1H3,(H,24,25)/b16-7-. The van der Waals surface area contributed by atoms with Gasteiger partial charge in [0.2, 0.25) is 0 Å². The summed E-state index contributed by atoms with van der Waals surface area (Å²) in [6.07, 6.45) is 1.54. The van der Waals surface area contributed by atoms with Gasteiger partial charge in [-0.2, -0.15) is 0 Å². The molecule has 1 aliphatic rings. The molecule has 2 amide bonds. The van der Waals surface area contributed by atoms with Gasteiger partial charge in [0.25, 0.3) is 11.1 Å². The number of benzene rings is 2. The van der Waals surface area contributed by atoms with Crippen molar-refractivity contribution in [2.75, 3.05) is 6.61 Å². The van der Waals surface area contributed by atoms with Crippen molar-refractivity contribution in [3.8, 4) is 5.75 Å². The molecule has 0 saturated carbocycles. The molecule has 1 fully saturated rings. The molecular formula is C20H15Br2NO5S. The maximum Gasteiger partial charge on any atom is 0.341 e. The average Bonchev–Trinajstić information content (AvgIpc) is 2.90. The van der Waals surface area contributed by atoms with Gasteiger partial charge in [0.05, 0.1) is 15.9 Å². The Morgan fingerprint density at radius 1 is 1.24 bits per heavy atom. The monoisotopic (exact) mass is 539 g/mol. The molecule has 0 unspecified atom stereocenters. The number of carbonyl (C=O) groups excluding carboxylic acids is 2. The van der Waals surface area contributed by atoms with Gasteiger partial charge in [-0.15, -0.1) is 0 Å². The second-order valence-corrected chi connectivity index (χ2v) is 8.95. The van der Waals surface area contributed by atoms with Crippen LogP contribution in [-0.4, -0.2) is 33.7 Å². The minimum Gasteiger partial charge on any atom is -0.480 e. The van der Waals surface area contributed by atoms with Gasteiger partial charge in [-0.25, -0.2) is 4.79 Å². The van der Waals surface area contributed by atoms with Crippen LogP contribution in [0.5, 0.6) is 5.75 Å². The van der Waals surface area contributed by atoms with Crippen LogP contribution in [0, 0.1) is 6.92 Å². The Labute approximate surface area is 188 Å². The van der Waals surface area contributed by atoms with Crippen LogP contribution in [0.4, 0.5) is 4.79 Å². The van der Waals surface area contributed by atoms with Crippen molar-refractivity contribution in [2.45, 2.75) is 13.5 Å². The number of rotatable bonds is 6. The van der Waals surface area contributed by atoms with Gasteiger partial charge in [-0.3, -0.25) is 14.5 Å². The maximum absolute atomic E-state index is 12.8. The Hall–Kier alpha value is -2.10. The van der Waals surface area contributed by atoms with Crippen molar-refractivity contribution in [3.05, 3.63) is 66.9 Å². The third-order valence-corrected chi connectivity index (χ3v) is 6.08. The summed E-state index contributed by atoms with van der Waals surface area (Å²) >= 11 is 7.55. The summed E-state index contributed by atoms with van der Waals surface area (Å²) in [5.74, 6) is -1.24. The quantitative estimate of drug-likeness (QED) is 0.506. The van der Waals surface area contributed by atoms with E-state index >= 15 is 0 Å². The number of hydrogen-bond acceptors (Lipinski definition) is 5. The van der Waals surface area contributed by atoms with Crippen molar-refractivity contribution in [1.29, 1.82) is 0 Å². The Bertz CT molecular complexity index is 1040. The normalized spacial score (nSPS) is 15.3. The Morgan fingerprint density at radius 3 is 2.66 bits per heavy atom. The third kappa shape index (κ3) is 5.09. The number of carboxylic acid groups (broad SMARTS) is 1. The summed E-state index contributed by atoms with van der Waals surface area (Å²) in [6.45, 7) is 1.59. The predicted octanol–water partition coefficient (Wildman–Crippen LogP) is 5.22. The molecule has 0 spiro atoms. The highest BCUT2D eigenvalue weighted by molar-refractivity contribution is 9.11. The lowest BCUT2D eigenvalue weighted by Gasteiger charge is -2.14. The fraction of sp³-hybridized carbons (Fsp3) is 0.150. The predicted molar refractivity (Wildman–Crippen MR) is 118 cm³/mol. The number of carbonyl (C=O) groups is 3. The number of nitrogens with zero attached hydrogens (tertiary/aromatic N) is 1. The number of hydrogen-bond donors (Lipinski definition) is 1. The van der Waals surface area contributed by atoms with Gasteiger partial charge in [0.15, 0.2) is 6.61 Å². The molecule has 2 aromatic carbocycles. The lowest BCUT2D eigenvalue weighted by molar-refractivity contribution is -0.139. The fourth-order valence-electron chi connectivity index (χ4n) is 2.71. The molecule has 1 aliphatic heterocycles. The molecule has 0 atom stereocenters. The molecule has 0 radical (unpaired) electrons. The van der Waals surface area contributed by atoms with Gasteiger partial charge in [-0.1, -0.05) is 40.2 Å². The topological polar surface area (TPSA) is 83.9 Å². The molecule has 29 heavy (non-hydrogen) atoms. The smallest absolute Gasteiger partial charge is 0.341 e. The molecule has 0 bridgehead atoms. The SMILES string of the molecule is Cc1ccccc1CN1C(=O)S/C(=C\c2cc(Br)cc(Br)c2OCC(=O)O)C1=O. The number of aryl methyl sites for hydroxylation is 1. The van der Waals surface area contributed by atoms with E-state index in [0.29, 0.717) is 14.5 Å². The van der Waals surface area contributed by atoms with E-state index in [2.05, 4.69) is 31.9 Å². The van der Waals surface area contributed by atoms with Crippen LogP contribution in [0.25, 0.3) is 6.08 Å². The largest absolute Gasteiger partial charge is 0.480 e. The number of halogens is 2.